The molecule has 0 aliphatic heterocycles. The number of primary amides is 1. The molecule has 0 atom stereocenters. The number of aromatic nitrogens is 1. The fourth-order valence-corrected chi connectivity index (χ4v) is 1.80. The second-order valence-electron chi connectivity index (χ2n) is 4.15. The van der Waals surface area contributed by atoms with Gasteiger partial charge in [0.1, 0.15) is 5.60 Å². The lowest BCUT2D eigenvalue weighted by molar-refractivity contribution is 0.0453. The first-order chi connectivity index (χ1) is 7.43. The van der Waals surface area contributed by atoms with Crippen molar-refractivity contribution >= 4 is 22.0 Å². The van der Waals surface area contributed by atoms with Crippen molar-refractivity contribution in [1.29, 1.82) is 0 Å². The van der Waals surface area contributed by atoms with E-state index < -0.39 is 11.7 Å². The quantitative estimate of drug-likeness (QED) is 0.865. The Morgan fingerprint density at radius 2 is 2.31 bits per heavy atom. The van der Waals surface area contributed by atoms with Crippen LogP contribution in [0.4, 0.5) is 4.79 Å². The fraction of sp³-hybridized carbons (Fsp3) is 0.455. The van der Waals surface area contributed by atoms with Gasteiger partial charge in [-0.1, -0.05) is 15.9 Å². The molecular weight excluding hydrogens is 272 g/mol. The van der Waals surface area contributed by atoms with Gasteiger partial charge in [-0.2, -0.15) is 0 Å². The van der Waals surface area contributed by atoms with Crippen LogP contribution in [0.15, 0.2) is 18.3 Å². The molecule has 0 unspecified atom stereocenters. The van der Waals surface area contributed by atoms with Crippen LogP contribution in [-0.4, -0.2) is 16.7 Å². The normalized spacial score (nSPS) is 11.2. The summed E-state index contributed by atoms with van der Waals surface area (Å²) in [6.07, 6.45) is 1.52. The van der Waals surface area contributed by atoms with Crippen LogP contribution in [0.5, 0.6) is 0 Å². The predicted octanol–water partition coefficient (Wildman–Crippen LogP) is 2.39. The van der Waals surface area contributed by atoms with Crippen molar-refractivity contribution in [3.8, 4) is 0 Å². The van der Waals surface area contributed by atoms with E-state index in [0.717, 1.165) is 16.6 Å². The van der Waals surface area contributed by atoms with Crippen molar-refractivity contribution in [2.24, 2.45) is 5.73 Å². The standard InChI is InChI=1S/C11H15BrN2O2/c1-11(2,16-10(13)15)6-9-5-8(7-12)3-4-14-9/h3-5H,6-7H2,1-2H3,(H2,13,15). The first kappa shape index (κ1) is 13.0. The van der Waals surface area contributed by atoms with E-state index in [1.807, 2.05) is 12.1 Å². The molecule has 1 aromatic rings. The maximum absolute atomic E-state index is 10.7. The van der Waals surface area contributed by atoms with Gasteiger partial charge in [0.05, 0.1) is 0 Å². The van der Waals surface area contributed by atoms with E-state index in [2.05, 4.69) is 20.9 Å². The van der Waals surface area contributed by atoms with Crippen LogP contribution in [0, 0.1) is 0 Å². The van der Waals surface area contributed by atoms with Gasteiger partial charge in [0, 0.05) is 23.6 Å². The van der Waals surface area contributed by atoms with Gasteiger partial charge in [-0.15, -0.1) is 0 Å². The molecule has 1 rings (SSSR count). The van der Waals surface area contributed by atoms with Gasteiger partial charge >= 0.3 is 6.09 Å². The van der Waals surface area contributed by atoms with E-state index in [1.54, 1.807) is 20.0 Å². The van der Waals surface area contributed by atoms with Crippen LogP contribution in [0.1, 0.15) is 25.1 Å². The largest absolute Gasteiger partial charge is 0.443 e. The van der Waals surface area contributed by atoms with Crippen molar-refractivity contribution in [2.45, 2.75) is 31.2 Å². The van der Waals surface area contributed by atoms with Gasteiger partial charge < -0.3 is 10.5 Å². The third kappa shape index (κ3) is 4.18. The molecule has 0 aliphatic rings. The maximum Gasteiger partial charge on any atom is 0.405 e. The summed E-state index contributed by atoms with van der Waals surface area (Å²) in [5.41, 5.74) is 6.38. The van der Waals surface area contributed by atoms with Crippen molar-refractivity contribution < 1.29 is 9.53 Å². The molecule has 0 fully saturated rings. The Morgan fingerprint density at radius 3 is 2.88 bits per heavy atom. The molecule has 0 saturated heterocycles. The van der Waals surface area contributed by atoms with E-state index in [1.165, 1.54) is 0 Å². The number of hydrogen-bond donors (Lipinski definition) is 1. The zero-order valence-corrected chi connectivity index (χ0v) is 11.0. The summed E-state index contributed by atoms with van der Waals surface area (Å²) in [4.78, 5) is 14.9. The third-order valence-corrected chi connectivity index (χ3v) is 2.67. The number of rotatable bonds is 4. The van der Waals surface area contributed by atoms with Gasteiger partial charge in [0.2, 0.25) is 0 Å². The number of amides is 1. The van der Waals surface area contributed by atoms with Gasteiger partial charge in [0.15, 0.2) is 0 Å². The van der Waals surface area contributed by atoms with Crippen LogP contribution < -0.4 is 5.73 Å². The van der Waals surface area contributed by atoms with Crippen LogP contribution in [0.25, 0.3) is 0 Å². The van der Waals surface area contributed by atoms with Crippen LogP contribution in [0.2, 0.25) is 0 Å². The zero-order chi connectivity index (χ0) is 12.2. The van der Waals surface area contributed by atoms with Crippen LogP contribution in [0.3, 0.4) is 0 Å². The zero-order valence-electron chi connectivity index (χ0n) is 9.37. The number of hydrogen-bond acceptors (Lipinski definition) is 3. The van der Waals surface area contributed by atoms with Gasteiger partial charge in [-0.05, 0) is 31.5 Å². The minimum absolute atomic E-state index is 0.538. The molecule has 0 aliphatic carbocycles. The van der Waals surface area contributed by atoms with E-state index in [-0.39, 0.29) is 0 Å². The van der Waals surface area contributed by atoms with Crippen LogP contribution in [-0.2, 0) is 16.5 Å². The van der Waals surface area contributed by atoms with Crippen molar-refractivity contribution in [3.63, 3.8) is 0 Å². The molecule has 2 N–H and O–H groups in total. The lowest BCUT2D eigenvalue weighted by Crippen LogP contribution is -2.33. The Morgan fingerprint density at radius 1 is 1.62 bits per heavy atom. The molecule has 1 amide bonds. The van der Waals surface area contributed by atoms with Crippen molar-refractivity contribution in [1.82, 2.24) is 4.98 Å². The highest BCUT2D eigenvalue weighted by molar-refractivity contribution is 9.08. The SMILES string of the molecule is CC(C)(Cc1cc(CBr)ccn1)OC(N)=O. The molecular formula is C11H15BrN2O2. The Labute approximate surface area is 103 Å². The van der Waals surface area contributed by atoms with Gasteiger partial charge in [0.25, 0.3) is 0 Å². The summed E-state index contributed by atoms with van der Waals surface area (Å²) in [5, 5.41) is 0.777. The highest BCUT2D eigenvalue weighted by atomic mass is 79.9. The van der Waals surface area contributed by atoms with E-state index in [9.17, 15) is 4.79 Å². The monoisotopic (exact) mass is 286 g/mol. The first-order valence-corrected chi connectivity index (χ1v) is 6.03. The number of alkyl halides is 1. The Kier molecular flexibility index (Phi) is 4.29. The van der Waals surface area contributed by atoms with Crippen LogP contribution >= 0.6 is 15.9 Å². The molecule has 16 heavy (non-hydrogen) atoms. The number of nitrogens with two attached hydrogens (primary N) is 1. The highest BCUT2D eigenvalue weighted by Crippen LogP contribution is 2.17. The summed E-state index contributed by atoms with van der Waals surface area (Å²) in [6, 6.07) is 3.90. The second-order valence-corrected chi connectivity index (χ2v) is 4.71. The van der Waals surface area contributed by atoms with E-state index in [4.69, 9.17) is 10.5 Å². The number of ether oxygens (including phenoxy) is 1. The lowest BCUT2D eigenvalue weighted by atomic mass is 10.0. The summed E-state index contributed by atoms with van der Waals surface area (Å²) in [6.45, 7) is 3.61. The third-order valence-electron chi connectivity index (χ3n) is 2.02. The summed E-state index contributed by atoms with van der Waals surface area (Å²) in [5.74, 6) is 0. The number of halogens is 1. The average molecular weight is 287 g/mol. The smallest absolute Gasteiger partial charge is 0.405 e. The number of pyridine rings is 1. The molecule has 0 bridgehead atoms. The topological polar surface area (TPSA) is 65.2 Å². The lowest BCUT2D eigenvalue weighted by Gasteiger charge is -2.23. The molecule has 5 heteroatoms. The summed E-state index contributed by atoms with van der Waals surface area (Å²) in [7, 11) is 0. The Balaban J connectivity index is 2.75. The van der Waals surface area contributed by atoms with E-state index in [0.29, 0.717) is 6.42 Å². The molecule has 1 aromatic heterocycles. The molecule has 0 aromatic carbocycles. The summed E-state index contributed by atoms with van der Waals surface area (Å²) >= 11 is 3.38. The predicted molar refractivity (Wildman–Crippen MR) is 65.3 cm³/mol. The van der Waals surface area contributed by atoms with Gasteiger partial charge in [-0.3, -0.25) is 4.98 Å². The minimum Gasteiger partial charge on any atom is -0.443 e. The Hall–Kier alpha value is -1.10. The number of nitrogens with zero attached hydrogens (tertiary/aromatic N) is 1. The maximum atomic E-state index is 10.7. The van der Waals surface area contributed by atoms with E-state index >= 15 is 0 Å². The molecule has 88 valence electrons. The number of carbonyl (C=O) groups is 1. The van der Waals surface area contributed by atoms with Gasteiger partial charge in [-0.25, -0.2) is 4.79 Å². The second kappa shape index (κ2) is 5.30. The minimum atomic E-state index is -0.762. The molecule has 0 saturated carbocycles. The highest BCUT2D eigenvalue weighted by Gasteiger charge is 2.22. The Bertz CT molecular complexity index is 380. The first-order valence-electron chi connectivity index (χ1n) is 4.91. The number of carbonyl (C=O) groups excluding carboxylic acids is 1. The molecule has 0 spiro atoms. The average Bonchev–Trinajstić information content (AvgIpc) is 2.15. The van der Waals surface area contributed by atoms with Crippen molar-refractivity contribution in [2.75, 3.05) is 0 Å². The fourth-order valence-electron chi connectivity index (χ4n) is 1.45. The molecule has 1 heterocycles. The molecule has 4 nitrogen and oxygen atoms in total. The summed E-state index contributed by atoms with van der Waals surface area (Å²) < 4.78 is 5.00. The molecule has 0 radical (unpaired) electrons. The van der Waals surface area contributed by atoms with Crippen molar-refractivity contribution in [3.05, 3.63) is 29.6 Å².